The Balaban J connectivity index is 1.76. The number of anilines is 1. The minimum Gasteiger partial charge on any atom is -0.478 e. The Hall–Kier alpha value is -2.28. The number of carbonyl (C=O) groups is 2. The van der Waals surface area contributed by atoms with Gasteiger partial charge in [0.05, 0.1) is 12.0 Å². The molecular formula is C16H13F2NO3S. The van der Waals surface area contributed by atoms with Gasteiger partial charge in [0.15, 0.2) is 0 Å². The molecule has 2 aromatic rings. The van der Waals surface area contributed by atoms with Crippen LogP contribution in [-0.2, 0) is 11.2 Å². The first-order valence-electron chi connectivity index (χ1n) is 7.04. The molecule has 23 heavy (non-hydrogen) atoms. The molecule has 0 unspecified atom stereocenters. The van der Waals surface area contributed by atoms with Crippen LogP contribution in [0.1, 0.15) is 40.2 Å². The van der Waals surface area contributed by atoms with Gasteiger partial charge in [-0.05, 0) is 41.3 Å². The highest BCUT2D eigenvalue weighted by Crippen LogP contribution is 2.45. The predicted octanol–water partition coefficient (Wildman–Crippen LogP) is 3.78. The van der Waals surface area contributed by atoms with Crippen molar-refractivity contribution in [3.05, 3.63) is 51.9 Å². The summed E-state index contributed by atoms with van der Waals surface area (Å²) in [4.78, 5) is 23.5. The molecule has 0 radical (unpaired) electrons. The maximum Gasteiger partial charge on any atom is 0.339 e. The van der Waals surface area contributed by atoms with Crippen LogP contribution >= 0.6 is 11.3 Å². The number of hydrogen-bond donors (Lipinski definition) is 2. The monoisotopic (exact) mass is 337 g/mol. The maximum atomic E-state index is 13.6. The van der Waals surface area contributed by atoms with E-state index < -0.39 is 23.5 Å². The molecule has 1 amide bonds. The zero-order chi connectivity index (χ0) is 16.6. The third-order valence-electron chi connectivity index (χ3n) is 3.67. The predicted molar refractivity (Wildman–Crippen MR) is 81.9 cm³/mol. The van der Waals surface area contributed by atoms with E-state index in [2.05, 4.69) is 5.32 Å². The van der Waals surface area contributed by atoms with Crippen LogP contribution in [-0.4, -0.2) is 17.0 Å². The molecule has 0 saturated heterocycles. The van der Waals surface area contributed by atoms with Crippen molar-refractivity contribution in [2.75, 3.05) is 5.32 Å². The van der Waals surface area contributed by atoms with Gasteiger partial charge in [0.2, 0.25) is 5.91 Å². The van der Waals surface area contributed by atoms with Crippen LogP contribution < -0.4 is 5.32 Å². The summed E-state index contributed by atoms with van der Waals surface area (Å²) in [6.07, 6.45) is 1.61. The number of amides is 1. The molecule has 1 aliphatic carbocycles. The van der Waals surface area contributed by atoms with E-state index in [1.54, 1.807) is 5.38 Å². The summed E-state index contributed by atoms with van der Waals surface area (Å²) in [6.45, 7) is 0. The Morgan fingerprint density at radius 3 is 2.65 bits per heavy atom. The molecule has 2 N–H and O–H groups in total. The maximum absolute atomic E-state index is 13.6. The molecule has 0 bridgehead atoms. The molecule has 7 heteroatoms. The van der Waals surface area contributed by atoms with Crippen LogP contribution in [0.4, 0.5) is 13.8 Å². The molecule has 1 aromatic heterocycles. The first-order chi connectivity index (χ1) is 11.0. The molecule has 1 saturated carbocycles. The number of halogens is 2. The molecule has 120 valence electrons. The quantitative estimate of drug-likeness (QED) is 0.872. The fourth-order valence-electron chi connectivity index (χ4n) is 2.39. The fourth-order valence-corrected chi connectivity index (χ4v) is 3.44. The molecule has 3 rings (SSSR count). The minimum absolute atomic E-state index is 0.0553. The normalized spacial score (nSPS) is 13.8. The third kappa shape index (κ3) is 3.39. The highest BCUT2D eigenvalue weighted by Gasteiger charge is 2.31. The zero-order valence-corrected chi connectivity index (χ0v) is 12.8. The second-order valence-corrected chi connectivity index (χ2v) is 6.31. The van der Waals surface area contributed by atoms with Crippen LogP contribution in [0.15, 0.2) is 23.6 Å². The van der Waals surface area contributed by atoms with Gasteiger partial charge in [-0.1, -0.05) is 6.07 Å². The van der Waals surface area contributed by atoms with E-state index in [1.807, 2.05) is 0 Å². The highest BCUT2D eigenvalue weighted by molar-refractivity contribution is 7.15. The van der Waals surface area contributed by atoms with Crippen LogP contribution in [0.25, 0.3) is 0 Å². The van der Waals surface area contributed by atoms with E-state index in [1.165, 1.54) is 6.07 Å². The molecule has 0 atom stereocenters. The number of hydrogen-bond acceptors (Lipinski definition) is 3. The Morgan fingerprint density at radius 2 is 2.04 bits per heavy atom. The summed E-state index contributed by atoms with van der Waals surface area (Å²) in [6, 6.07) is 2.98. The summed E-state index contributed by atoms with van der Waals surface area (Å²) in [5.74, 6) is -2.90. The van der Waals surface area contributed by atoms with Crippen LogP contribution in [0.3, 0.4) is 0 Å². The summed E-state index contributed by atoms with van der Waals surface area (Å²) in [5, 5.41) is 13.9. The lowest BCUT2D eigenvalue weighted by Gasteiger charge is -2.06. The van der Waals surface area contributed by atoms with E-state index in [-0.39, 0.29) is 28.5 Å². The first-order valence-corrected chi connectivity index (χ1v) is 7.92. The molecular weight excluding hydrogens is 324 g/mol. The van der Waals surface area contributed by atoms with Crippen LogP contribution in [0.2, 0.25) is 0 Å². The Morgan fingerprint density at radius 1 is 1.30 bits per heavy atom. The summed E-state index contributed by atoms with van der Waals surface area (Å²) in [7, 11) is 0. The molecule has 1 aromatic carbocycles. The van der Waals surface area contributed by atoms with Crippen molar-refractivity contribution in [1.29, 1.82) is 0 Å². The van der Waals surface area contributed by atoms with Crippen molar-refractivity contribution in [3.8, 4) is 0 Å². The molecule has 0 aliphatic heterocycles. The Labute approximate surface area is 134 Å². The van der Waals surface area contributed by atoms with Gasteiger partial charge in [0.1, 0.15) is 16.6 Å². The van der Waals surface area contributed by atoms with Gasteiger partial charge >= 0.3 is 5.97 Å². The number of rotatable bonds is 5. The smallest absolute Gasteiger partial charge is 0.339 e. The Bertz CT molecular complexity index is 784. The zero-order valence-electron chi connectivity index (χ0n) is 11.9. The first kappa shape index (κ1) is 15.6. The number of carbonyl (C=O) groups excluding carboxylic acids is 1. The second kappa shape index (κ2) is 6.08. The average molecular weight is 337 g/mol. The number of nitrogens with one attached hydrogen (secondary N) is 1. The van der Waals surface area contributed by atoms with E-state index >= 15 is 0 Å². The van der Waals surface area contributed by atoms with Gasteiger partial charge in [0, 0.05) is 6.07 Å². The summed E-state index contributed by atoms with van der Waals surface area (Å²) < 4.78 is 26.4. The molecule has 1 fully saturated rings. The van der Waals surface area contributed by atoms with Crippen molar-refractivity contribution in [1.82, 2.24) is 0 Å². The average Bonchev–Trinajstić information content (AvgIpc) is 3.23. The lowest BCUT2D eigenvalue weighted by Crippen LogP contribution is -2.16. The van der Waals surface area contributed by atoms with Crippen molar-refractivity contribution < 1.29 is 23.5 Å². The lowest BCUT2D eigenvalue weighted by atomic mass is 10.1. The van der Waals surface area contributed by atoms with Gasteiger partial charge in [-0.15, -0.1) is 11.3 Å². The second-order valence-electron chi connectivity index (χ2n) is 5.44. The highest BCUT2D eigenvalue weighted by atomic mass is 32.1. The number of carboxylic acid groups (broad SMARTS) is 1. The standard InChI is InChI=1S/C16H13F2NO3S/c17-10-4-3-9(12(18)6-10)5-13(20)19-15-14(16(21)22)11(7-23-15)8-1-2-8/h3-4,6-8H,1-2,5H2,(H,19,20)(H,21,22). The minimum atomic E-state index is -1.09. The van der Waals surface area contributed by atoms with Crippen molar-refractivity contribution in [2.45, 2.75) is 25.2 Å². The van der Waals surface area contributed by atoms with Crippen molar-refractivity contribution in [2.24, 2.45) is 0 Å². The SMILES string of the molecule is O=C(Cc1ccc(F)cc1F)Nc1scc(C2CC2)c1C(=O)O. The van der Waals surface area contributed by atoms with Gasteiger partial charge in [-0.25, -0.2) is 13.6 Å². The largest absolute Gasteiger partial charge is 0.478 e. The molecule has 0 spiro atoms. The van der Waals surface area contributed by atoms with E-state index in [0.29, 0.717) is 6.07 Å². The van der Waals surface area contributed by atoms with Gasteiger partial charge in [0.25, 0.3) is 0 Å². The van der Waals surface area contributed by atoms with Crippen molar-refractivity contribution >= 4 is 28.2 Å². The molecule has 1 heterocycles. The molecule has 1 aliphatic rings. The van der Waals surface area contributed by atoms with E-state index in [9.17, 15) is 23.5 Å². The van der Waals surface area contributed by atoms with E-state index in [4.69, 9.17) is 0 Å². The summed E-state index contributed by atoms with van der Waals surface area (Å²) in [5.41, 5.74) is 0.913. The van der Waals surface area contributed by atoms with Gasteiger partial charge in [-0.3, -0.25) is 4.79 Å². The van der Waals surface area contributed by atoms with Gasteiger partial charge < -0.3 is 10.4 Å². The molecule has 4 nitrogen and oxygen atoms in total. The number of aromatic carboxylic acids is 1. The number of carboxylic acids is 1. The summed E-state index contributed by atoms with van der Waals surface area (Å²) >= 11 is 1.15. The van der Waals surface area contributed by atoms with Crippen LogP contribution in [0.5, 0.6) is 0 Å². The van der Waals surface area contributed by atoms with Crippen LogP contribution in [0, 0.1) is 11.6 Å². The third-order valence-corrected chi connectivity index (χ3v) is 4.58. The topological polar surface area (TPSA) is 66.4 Å². The number of benzene rings is 1. The van der Waals surface area contributed by atoms with Crippen molar-refractivity contribution in [3.63, 3.8) is 0 Å². The Kier molecular flexibility index (Phi) is 4.12. The lowest BCUT2D eigenvalue weighted by molar-refractivity contribution is -0.115. The number of thiophene rings is 1. The van der Waals surface area contributed by atoms with Gasteiger partial charge in [-0.2, -0.15) is 0 Å². The fraction of sp³-hybridized carbons (Fsp3) is 0.250. The van der Waals surface area contributed by atoms with E-state index in [0.717, 1.165) is 35.8 Å².